The normalized spacial score (nSPS) is 11.1. The smallest absolute Gasteiger partial charge is 0.246 e. The maximum Gasteiger partial charge on any atom is 0.246 e. The third-order valence-electron chi connectivity index (χ3n) is 5.61. The molecule has 0 aliphatic carbocycles. The molecule has 0 atom stereocenters. The Labute approximate surface area is 202 Å². The second-order valence-corrected chi connectivity index (χ2v) is 8.71. The third kappa shape index (κ3) is 4.56. The Bertz CT molecular complexity index is 1490. The van der Waals surface area contributed by atoms with Crippen molar-refractivity contribution < 1.29 is 4.79 Å². The predicted octanol–water partition coefficient (Wildman–Crippen LogP) is 5.25. The summed E-state index contributed by atoms with van der Waals surface area (Å²) in [5.41, 5.74) is 6.56. The van der Waals surface area contributed by atoms with Crippen LogP contribution >= 0.6 is 11.6 Å². The molecule has 0 fully saturated rings. The second kappa shape index (κ2) is 9.11. The van der Waals surface area contributed by atoms with E-state index in [1.165, 1.54) is 5.56 Å². The first-order chi connectivity index (χ1) is 16.5. The van der Waals surface area contributed by atoms with Gasteiger partial charge >= 0.3 is 0 Å². The highest BCUT2D eigenvalue weighted by atomic mass is 35.5. The van der Waals surface area contributed by atoms with Gasteiger partial charge in [-0.1, -0.05) is 53.6 Å². The van der Waals surface area contributed by atoms with Crippen molar-refractivity contribution in [3.05, 3.63) is 95.0 Å². The van der Waals surface area contributed by atoms with Gasteiger partial charge in [-0.2, -0.15) is 10.2 Å². The van der Waals surface area contributed by atoms with Crippen LogP contribution in [0.1, 0.15) is 16.8 Å². The highest BCUT2D eigenvalue weighted by molar-refractivity contribution is 6.30. The summed E-state index contributed by atoms with van der Waals surface area (Å²) < 4.78 is 3.42. The number of carbonyl (C=O) groups is 1. The molecule has 170 valence electrons. The number of nitrogens with zero attached hydrogens (tertiary/aromatic N) is 5. The monoisotopic (exact) mass is 470 g/mol. The SMILES string of the molecule is Cc1cccc(-c2ccnc3c2c(C)nn3CC(=O)Nc2cnn(Cc3ccc(Cl)cc3)c2)c1. The van der Waals surface area contributed by atoms with Gasteiger partial charge in [-0.25, -0.2) is 9.67 Å². The number of halogens is 1. The Hall–Kier alpha value is -3.97. The van der Waals surface area contributed by atoms with Gasteiger partial charge in [-0.15, -0.1) is 0 Å². The topological polar surface area (TPSA) is 77.6 Å². The Morgan fingerprint density at radius 1 is 1.09 bits per heavy atom. The van der Waals surface area contributed by atoms with E-state index in [2.05, 4.69) is 45.6 Å². The number of hydrogen-bond donors (Lipinski definition) is 1. The number of pyridine rings is 1. The lowest BCUT2D eigenvalue weighted by molar-refractivity contribution is -0.116. The molecule has 5 aromatic rings. The molecule has 1 N–H and O–H groups in total. The van der Waals surface area contributed by atoms with Crippen LogP contribution in [-0.4, -0.2) is 30.5 Å². The van der Waals surface area contributed by atoms with Crippen LogP contribution in [0.3, 0.4) is 0 Å². The fourth-order valence-electron chi connectivity index (χ4n) is 4.07. The summed E-state index contributed by atoms with van der Waals surface area (Å²) in [7, 11) is 0. The van der Waals surface area contributed by atoms with Crippen molar-refractivity contribution in [2.24, 2.45) is 0 Å². The molecule has 0 aliphatic rings. The van der Waals surface area contributed by atoms with Crippen molar-refractivity contribution >= 4 is 34.2 Å². The van der Waals surface area contributed by atoms with E-state index in [0.717, 1.165) is 27.8 Å². The van der Waals surface area contributed by atoms with Crippen molar-refractivity contribution in [1.82, 2.24) is 24.5 Å². The van der Waals surface area contributed by atoms with Crippen LogP contribution in [-0.2, 0) is 17.9 Å². The number of carbonyl (C=O) groups excluding carboxylic acids is 1. The molecule has 0 bridgehead atoms. The molecule has 2 aromatic carbocycles. The molecule has 8 heteroatoms. The van der Waals surface area contributed by atoms with E-state index in [-0.39, 0.29) is 12.5 Å². The van der Waals surface area contributed by atoms with Gasteiger partial charge in [0.2, 0.25) is 5.91 Å². The number of hydrogen-bond acceptors (Lipinski definition) is 4. The number of aromatic nitrogens is 5. The van der Waals surface area contributed by atoms with Crippen molar-refractivity contribution in [2.45, 2.75) is 26.9 Å². The largest absolute Gasteiger partial charge is 0.322 e. The van der Waals surface area contributed by atoms with Gasteiger partial charge in [0, 0.05) is 22.8 Å². The van der Waals surface area contributed by atoms with Crippen molar-refractivity contribution in [3.8, 4) is 11.1 Å². The predicted molar refractivity (Wildman–Crippen MR) is 134 cm³/mol. The average molecular weight is 471 g/mol. The first-order valence-corrected chi connectivity index (χ1v) is 11.3. The summed E-state index contributed by atoms with van der Waals surface area (Å²) in [5.74, 6) is -0.196. The third-order valence-corrected chi connectivity index (χ3v) is 5.86. The molecule has 0 radical (unpaired) electrons. The van der Waals surface area contributed by atoms with Crippen LogP contribution in [0.5, 0.6) is 0 Å². The molecule has 5 rings (SSSR count). The molecule has 7 nitrogen and oxygen atoms in total. The number of anilines is 1. The Morgan fingerprint density at radius 3 is 2.71 bits per heavy atom. The molecule has 1 amide bonds. The van der Waals surface area contributed by atoms with E-state index in [9.17, 15) is 4.79 Å². The minimum Gasteiger partial charge on any atom is -0.322 e. The first-order valence-electron chi connectivity index (χ1n) is 10.9. The van der Waals surface area contributed by atoms with Gasteiger partial charge in [-0.05, 0) is 48.7 Å². The molecule has 0 spiro atoms. The summed E-state index contributed by atoms with van der Waals surface area (Å²) in [6, 6.07) is 17.9. The van der Waals surface area contributed by atoms with E-state index in [4.69, 9.17) is 11.6 Å². The Balaban J connectivity index is 1.33. The second-order valence-electron chi connectivity index (χ2n) is 8.27. The van der Waals surface area contributed by atoms with Crippen LogP contribution in [0.2, 0.25) is 5.02 Å². The highest BCUT2D eigenvalue weighted by Crippen LogP contribution is 2.30. The van der Waals surface area contributed by atoms with E-state index >= 15 is 0 Å². The van der Waals surface area contributed by atoms with E-state index in [1.807, 2.05) is 43.3 Å². The highest BCUT2D eigenvalue weighted by Gasteiger charge is 2.16. The van der Waals surface area contributed by atoms with Crippen LogP contribution in [0.15, 0.2) is 73.2 Å². The molecule has 0 aliphatic heterocycles. The van der Waals surface area contributed by atoms with Gasteiger partial charge in [-0.3, -0.25) is 9.48 Å². The molecule has 3 aromatic heterocycles. The minimum absolute atomic E-state index is 0.0526. The fourth-order valence-corrected chi connectivity index (χ4v) is 4.20. The van der Waals surface area contributed by atoms with E-state index in [0.29, 0.717) is 22.9 Å². The van der Waals surface area contributed by atoms with Crippen LogP contribution in [0.4, 0.5) is 5.69 Å². The fraction of sp³-hybridized carbons (Fsp3) is 0.154. The van der Waals surface area contributed by atoms with Gasteiger partial charge in [0.1, 0.15) is 6.54 Å². The summed E-state index contributed by atoms with van der Waals surface area (Å²) in [6.07, 6.45) is 5.19. The van der Waals surface area contributed by atoms with Crippen LogP contribution < -0.4 is 5.32 Å². The van der Waals surface area contributed by atoms with Crippen LogP contribution in [0.25, 0.3) is 22.2 Å². The molecular weight excluding hydrogens is 448 g/mol. The summed E-state index contributed by atoms with van der Waals surface area (Å²) in [5, 5.41) is 13.5. The van der Waals surface area contributed by atoms with Gasteiger partial charge in [0.15, 0.2) is 5.65 Å². The number of amides is 1. The zero-order chi connectivity index (χ0) is 23.7. The molecule has 3 heterocycles. The van der Waals surface area contributed by atoms with Crippen molar-refractivity contribution in [1.29, 1.82) is 0 Å². The molecule has 0 unspecified atom stereocenters. The summed E-state index contributed by atoms with van der Waals surface area (Å²) >= 11 is 5.94. The number of fused-ring (bicyclic) bond motifs is 1. The Morgan fingerprint density at radius 2 is 1.91 bits per heavy atom. The van der Waals surface area contributed by atoms with Gasteiger partial charge in [0.25, 0.3) is 0 Å². The maximum absolute atomic E-state index is 12.8. The number of rotatable bonds is 6. The van der Waals surface area contributed by atoms with E-state index in [1.54, 1.807) is 28.0 Å². The zero-order valence-electron chi connectivity index (χ0n) is 18.9. The Kier molecular flexibility index (Phi) is 5.86. The quantitative estimate of drug-likeness (QED) is 0.367. The van der Waals surface area contributed by atoms with Gasteiger partial charge in [0.05, 0.1) is 24.1 Å². The van der Waals surface area contributed by atoms with E-state index < -0.39 is 0 Å². The minimum atomic E-state index is -0.196. The first kappa shape index (κ1) is 21.9. The number of benzene rings is 2. The lowest BCUT2D eigenvalue weighted by atomic mass is 10.0. The van der Waals surface area contributed by atoms with Crippen molar-refractivity contribution in [3.63, 3.8) is 0 Å². The number of nitrogens with one attached hydrogen (secondary N) is 1. The molecule has 0 saturated heterocycles. The zero-order valence-corrected chi connectivity index (χ0v) is 19.6. The molecule has 34 heavy (non-hydrogen) atoms. The average Bonchev–Trinajstić information content (AvgIpc) is 3.39. The molecular formula is C26H23ClN6O. The summed E-state index contributed by atoms with van der Waals surface area (Å²) in [4.78, 5) is 17.3. The standard InChI is InChI=1S/C26H23ClN6O/c1-17-4-3-5-20(12-17)23-10-11-28-26-25(23)18(2)31-33(26)16-24(34)30-22-13-29-32(15-22)14-19-6-8-21(27)9-7-19/h3-13,15H,14,16H2,1-2H3,(H,30,34). The summed E-state index contributed by atoms with van der Waals surface area (Å²) in [6.45, 7) is 4.65. The van der Waals surface area contributed by atoms with Gasteiger partial charge < -0.3 is 5.32 Å². The maximum atomic E-state index is 12.8. The molecule has 0 saturated carbocycles. The lowest BCUT2D eigenvalue weighted by Gasteiger charge is -2.06. The van der Waals surface area contributed by atoms with Crippen LogP contribution in [0, 0.1) is 13.8 Å². The lowest BCUT2D eigenvalue weighted by Crippen LogP contribution is -2.19. The number of aryl methyl sites for hydroxylation is 2. The van der Waals surface area contributed by atoms with Crippen molar-refractivity contribution in [2.75, 3.05) is 5.32 Å².